The minimum Gasteiger partial charge on any atom is -0.325 e. The number of thioether (sulfide) groups is 1. The van der Waals surface area contributed by atoms with E-state index < -0.39 is 0 Å². The minimum atomic E-state index is -0.0514. The number of carbonyl (C=O) groups is 1. The third kappa shape index (κ3) is 3.76. The number of hydrogen-bond donors (Lipinski definition) is 1. The summed E-state index contributed by atoms with van der Waals surface area (Å²) in [6.45, 7) is 10.3. The van der Waals surface area contributed by atoms with Crippen molar-refractivity contribution in [1.82, 2.24) is 14.8 Å². The Hall–Kier alpha value is -2.08. The maximum atomic E-state index is 12.1. The van der Waals surface area contributed by atoms with Crippen molar-refractivity contribution in [1.29, 1.82) is 0 Å². The highest BCUT2D eigenvalue weighted by molar-refractivity contribution is 7.99. The van der Waals surface area contributed by atoms with Crippen molar-refractivity contribution in [2.24, 2.45) is 0 Å². The van der Waals surface area contributed by atoms with E-state index >= 15 is 0 Å². The molecule has 22 heavy (non-hydrogen) atoms. The maximum Gasteiger partial charge on any atom is 0.234 e. The molecule has 0 spiro atoms. The molecule has 0 radical (unpaired) electrons. The largest absolute Gasteiger partial charge is 0.325 e. The molecule has 0 aliphatic rings. The number of hydrogen-bond acceptors (Lipinski definition) is 4. The van der Waals surface area contributed by atoms with Crippen molar-refractivity contribution in [2.45, 2.75) is 32.5 Å². The first-order chi connectivity index (χ1) is 10.5. The van der Waals surface area contributed by atoms with Gasteiger partial charge in [0.25, 0.3) is 0 Å². The Kier molecular flexibility index (Phi) is 5.38. The van der Waals surface area contributed by atoms with Crippen LogP contribution in [-0.2, 0) is 11.3 Å². The summed E-state index contributed by atoms with van der Waals surface area (Å²) >= 11 is 1.37. The van der Waals surface area contributed by atoms with Crippen LogP contribution in [0.1, 0.15) is 17.0 Å². The molecule has 1 aromatic heterocycles. The molecule has 2 aromatic rings. The van der Waals surface area contributed by atoms with E-state index in [1.54, 1.807) is 6.08 Å². The fourth-order valence-corrected chi connectivity index (χ4v) is 2.80. The Morgan fingerprint density at radius 2 is 2.14 bits per heavy atom. The van der Waals surface area contributed by atoms with Crippen LogP contribution in [0, 0.1) is 20.8 Å². The van der Waals surface area contributed by atoms with Gasteiger partial charge in [-0.2, -0.15) is 0 Å². The lowest BCUT2D eigenvalue weighted by atomic mass is 10.1. The number of rotatable bonds is 6. The van der Waals surface area contributed by atoms with E-state index in [0.717, 1.165) is 27.8 Å². The zero-order chi connectivity index (χ0) is 16.1. The molecule has 1 heterocycles. The van der Waals surface area contributed by atoms with Gasteiger partial charge in [0.2, 0.25) is 5.91 Å². The van der Waals surface area contributed by atoms with E-state index in [-0.39, 0.29) is 5.91 Å². The second kappa shape index (κ2) is 7.26. The summed E-state index contributed by atoms with van der Waals surface area (Å²) in [6.07, 6.45) is 1.79. The van der Waals surface area contributed by atoms with Gasteiger partial charge in [-0.3, -0.25) is 4.79 Å². The molecular formula is C16H20N4OS. The van der Waals surface area contributed by atoms with Crippen LogP contribution in [0.5, 0.6) is 0 Å². The second-order valence-corrected chi connectivity index (χ2v) is 5.96. The first kappa shape index (κ1) is 16.3. The highest BCUT2D eigenvalue weighted by Gasteiger charge is 2.11. The molecule has 2 rings (SSSR count). The SMILES string of the molecule is C=CCn1c(C)nnc1SCC(=O)Nc1cccc(C)c1C. The van der Waals surface area contributed by atoms with Gasteiger partial charge in [-0.05, 0) is 38.0 Å². The Morgan fingerprint density at radius 3 is 2.86 bits per heavy atom. The number of benzene rings is 1. The highest BCUT2D eigenvalue weighted by Crippen LogP contribution is 2.20. The third-order valence-corrected chi connectivity index (χ3v) is 4.39. The number of carbonyl (C=O) groups excluding carboxylic acids is 1. The van der Waals surface area contributed by atoms with Gasteiger partial charge in [0, 0.05) is 12.2 Å². The quantitative estimate of drug-likeness (QED) is 0.657. The zero-order valence-electron chi connectivity index (χ0n) is 13.1. The fraction of sp³-hybridized carbons (Fsp3) is 0.312. The molecule has 0 saturated heterocycles. The lowest BCUT2D eigenvalue weighted by Crippen LogP contribution is -2.15. The monoisotopic (exact) mass is 316 g/mol. The minimum absolute atomic E-state index is 0.0514. The van der Waals surface area contributed by atoms with Gasteiger partial charge >= 0.3 is 0 Å². The van der Waals surface area contributed by atoms with Crippen molar-refractivity contribution in [3.05, 3.63) is 47.8 Å². The lowest BCUT2D eigenvalue weighted by molar-refractivity contribution is -0.113. The molecule has 1 N–H and O–H groups in total. The Morgan fingerprint density at radius 1 is 1.36 bits per heavy atom. The summed E-state index contributed by atoms with van der Waals surface area (Å²) < 4.78 is 1.93. The molecule has 6 heteroatoms. The van der Waals surface area contributed by atoms with Crippen LogP contribution >= 0.6 is 11.8 Å². The summed E-state index contributed by atoms with van der Waals surface area (Å²) in [7, 11) is 0. The summed E-state index contributed by atoms with van der Waals surface area (Å²) in [5.74, 6) is 1.06. The summed E-state index contributed by atoms with van der Waals surface area (Å²) in [5.41, 5.74) is 3.10. The summed E-state index contributed by atoms with van der Waals surface area (Å²) in [6, 6.07) is 5.88. The highest BCUT2D eigenvalue weighted by atomic mass is 32.2. The normalized spacial score (nSPS) is 10.5. The summed E-state index contributed by atoms with van der Waals surface area (Å²) in [4.78, 5) is 12.1. The van der Waals surface area contributed by atoms with Crippen LogP contribution in [0.4, 0.5) is 5.69 Å². The van der Waals surface area contributed by atoms with Gasteiger partial charge in [-0.25, -0.2) is 0 Å². The van der Waals surface area contributed by atoms with Gasteiger partial charge < -0.3 is 9.88 Å². The van der Waals surface area contributed by atoms with E-state index in [2.05, 4.69) is 22.1 Å². The van der Waals surface area contributed by atoms with E-state index in [1.807, 2.05) is 43.5 Å². The second-order valence-electron chi connectivity index (χ2n) is 5.01. The van der Waals surface area contributed by atoms with Gasteiger partial charge in [-0.1, -0.05) is 30.0 Å². The van der Waals surface area contributed by atoms with Gasteiger partial charge in [0.15, 0.2) is 5.16 Å². The van der Waals surface area contributed by atoms with E-state index in [0.29, 0.717) is 12.3 Å². The predicted molar refractivity (Wildman–Crippen MR) is 90.2 cm³/mol. The van der Waals surface area contributed by atoms with Gasteiger partial charge in [0.1, 0.15) is 5.82 Å². The molecule has 0 atom stereocenters. The topological polar surface area (TPSA) is 59.8 Å². The smallest absolute Gasteiger partial charge is 0.234 e. The van der Waals surface area contributed by atoms with Crippen LogP contribution in [0.3, 0.4) is 0 Å². The number of nitrogens with one attached hydrogen (secondary N) is 1. The maximum absolute atomic E-state index is 12.1. The standard InChI is InChI=1S/C16H20N4OS/c1-5-9-20-13(4)18-19-16(20)22-10-15(21)17-14-8-6-7-11(2)12(14)3/h5-8H,1,9-10H2,2-4H3,(H,17,21). The van der Waals surface area contributed by atoms with Gasteiger partial charge in [-0.15, -0.1) is 16.8 Å². The van der Waals surface area contributed by atoms with Crippen molar-refractivity contribution < 1.29 is 4.79 Å². The average molecular weight is 316 g/mol. The summed E-state index contributed by atoms with van der Waals surface area (Å²) in [5, 5.41) is 11.8. The van der Waals surface area contributed by atoms with Crippen LogP contribution in [0.25, 0.3) is 0 Å². The molecule has 116 valence electrons. The molecule has 0 aliphatic carbocycles. The van der Waals surface area contributed by atoms with Crippen molar-refractivity contribution in [3.63, 3.8) is 0 Å². The number of aryl methyl sites for hydroxylation is 2. The van der Waals surface area contributed by atoms with E-state index in [4.69, 9.17) is 0 Å². The van der Waals surface area contributed by atoms with E-state index in [9.17, 15) is 4.79 Å². The fourth-order valence-electron chi connectivity index (χ4n) is 2.01. The zero-order valence-corrected chi connectivity index (χ0v) is 13.9. The van der Waals surface area contributed by atoms with Crippen LogP contribution < -0.4 is 5.32 Å². The van der Waals surface area contributed by atoms with Crippen LogP contribution in [-0.4, -0.2) is 26.4 Å². The number of allylic oxidation sites excluding steroid dienone is 1. The molecule has 0 unspecified atom stereocenters. The Balaban J connectivity index is 1.99. The van der Waals surface area contributed by atoms with Crippen LogP contribution in [0.15, 0.2) is 36.0 Å². The third-order valence-electron chi connectivity index (χ3n) is 3.42. The van der Waals surface area contributed by atoms with Crippen molar-refractivity contribution in [3.8, 4) is 0 Å². The Bertz CT molecular complexity index is 693. The molecule has 0 fully saturated rings. The number of nitrogens with zero attached hydrogens (tertiary/aromatic N) is 3. The molecular weight excluding hydrogens is 296 g/mol. The molecule has 5 nitrogen and oxygen atoms in total. The number of aromatic nitrogens is 3. The molecule has 1 amide bonds. The number of anilines is 1. The number of amides is 1. The van der Waals surface area contributed by atoms with Crippen LogP contribution in [0.2, 0.25) is 0 Å². The van der Waals surface area contributed by atoms with Crippen molar-refractivity contribution >= 4 is 23.4 Å². The molecule has 0 saturated carbocycles. The molecule has 0 aliphatic heterocycles. The first-order valence-electron chi connectivity index (χ1n) is 7.02. The van der Waals surface area contributed by atoms with E-state index in [1.165, 1.54) is 11.8 Å². The average Bonchev–Trinajstić information content (AvgIpc) is 2.83. The Labute approximate surface area is 134 Å². The molecule has 1 aromatic carbocycles. The predicted octanol–water partition coefficient (Wildman–Crippen LogP) is 3.12. The first-order valence-corrected chi connectivity index (χ1v) is 8.01. The lowest BCUT2D eigenvalue weighted by Gasteiger charge is -2.10. The van der Waals surface area contributed by atoms with Gasteiger partial charge in [0.05, 0.1) is 5.75 Å². The van der Waals surface area contributed by atoms with Crippen molar-refractivity contribution in [2.75, 3.05) is 11.1 Å². The molecule has 0 bridgehead atoms.